The smallest absolute Gasteiger partial charge is 0.0377 e. The molecule has 0 amide bonds. The summed E-state index contributed by atoms with van der Waals surface area (Å²) in [6.45, 7) is 6.86. The Hall–Kier alpha value is -0.980. The normalized spacial score (nSPS) is 23.6. The van der Waals surface area contributed by atoms with Crippen LogP contribution in [0, 0.1) is 5.92 Å². The van der Waals surface area contributed by atoms with Crippen LogP contribution in [0.1, 0.15) is 70.8 Å². The Kier molecular flexibility index (Phi) is 5.30. The third-order valence-electron chi connectivity index (χ3n) is 4.49. The van der Waals surface area contributed by atoms with Crippen LogP contribution in [-0.2, 0) is 0 Å². The first-order chi connectivity index (χ1) is 9.20. The Balaban J connectivity index is 1.92. The fraction of sp³-hybridized carbons (Fsp3) is 0.667. The number of nitrogens with one attached hydrogen (secondary N) is 1. The van der Waals surface area contributed by atoms with Crippen molar-refractivity contribution >= 4 is 5.69 Å². The summed E-state index contributed by atoms with van der Waals surface area (Å²) >= 11 is 0. The monoisotopic (exact) mass is 259 g/mol. The highest BCUT2D eigenvalue weighted by molar-refractivity contribution is 5.53. The lowest BCUT2D eigenvalue weighted by Gasteiger charge is -2.30. The molecule has 19 heavy (non-hydrogen) atoms. The zero-order valence-electron chi connectivity index (χ0n) is 12.8. The Bertz CT molecular complexity index is 375. The molecule has 0 aliphatic heterocycles. The fourth-order valence-electron chi connectivity index (χ4n) is 3.36. The molecule has 1 nitrogen and oxygen atoms in total. The van der Waals surface area contributed by atoms with Crippen LogP contribution in [0.4, 0.5) is 5.69 Å². The molecule has 0 saturated heterocycles. The second-order valence-electron chi connectivity index (χ2n) is 6.39. The van der Waals surface area contributed by atoms with Crippen molar-refractivity contribution in [2.24, 2.45) is 5.92 Å². The number of anilines is 1. The molecule has 0 unspecified atom stereocenters. The first-order valence-electron chi connectivity index (χ1n) is 8.06. The SMILES string of the molecule is CCCC1CCC(Nc2ccccc2C(C)C)CC1. The van der Waals surface area contributed by atoms with Gasteiger partial charge >= 0.3 is 0 Å². The molecule has 1 fully saturated rings. The van der Waals surface area contributed by atoms with E-state index in [2.05, 4.69) is 50.4 Å². The molecule has 106 valence electrons. The summed E-state index contributed by atoms with van der Waals surface area (Å²) in [5.41, 5.74) is 2.81. The van der Waals surface area contributed by atoms with Gasteiger partial charge in [-0.1, -0.05) is 51.8 Å². The molecule has 0 heterocycles. The number of hydrogen-bond acceptors (Lipinski definition) is 1. The summed E-state index contributed by atoms with van der Waals surface area (Å²) in [6.07, 6.45) is 8.28. The predicted molar refractivity (Wildman–Crippen MR) is 84.8 cm³/mol. The van der Waals surface area contributed by atoms with Gasteiger partial charge in [-0.3, -0.25) is 0 Å². The van der Waals surface area contributed by atoms with E-state index >= 15 is 0 Å². The highest BCUT2D eigenvalue weighted by Gasteiger charge is 2.21. The van der Waals surface area contributed by atoms with Gasteiger partial charge in [0.25, 0.3) is 0 Å². The molecule has 1 heteroatoms. The van der Waals surface area contributed by atoms with Crippen LogP contribution < -0.4 is 5.32 Å². The van der Waals surface area contributed by atoms with Crippen LogP contribution in [0.3, 0.4) is 0 Å². The largest absolute Gasteiger partial charge is 0.382 e. The molecule has 0 spiro atoms. The maximum Gasteiger partial charge on any atom is 0.0377 e. The van der Waals surface area contributed by atoms with Gasteiger partial charge in [0.1, 0.15) is 0 Å². The van der Waals surface area contributed by atoms with Gasteiger partial charge in [-0.25, -0.2) is 0 Å². The summed E-state index contributed by atoms with van der Waals surface area (Å²) in [5, 5.41) is 3.79. The van der Waals surface area contributed by atoms with Crippen LogP contribution in [-0.4, -0.2) is 6.04 Å². The quantitative estimate of drug-likeness (QED) is 0.727. The molecule has 0 radical (unpaired) electrons. The van der Waals surface area contributed by atoms with Crippen LogP contribution >= 0.6 is 0 Å². The Morgan fingerprint density at radius 2 is 1.79 bits per heavy atom. The van der Waals surface area contributed by atoms with Gasteiger partial charge in [0.15, 0.2) is 0 Å². The predicted octanol–water partition coefficient (Wildman–Crippen LogP) is 5.58. The second kappa shape index (κ2) is 6.98. The third-order valence-corrected chi connectivity index (χ3v) is 4.49. The van der Waals surface area contributed by atoms with Crippen molar-refractivity contribution in [3.8, 4) is 0 Å². The van der Waals surface area contributed by atoms with E-state index in [1.165, 1.54) is 49.8 Å². The van der Waals surface area contributed by atoms with E-state index in [-0.39, 0.29) is 0 Å². The minimum Gasteiger partial charge on any atom is -0.382 e. The second-order valence-corrected chi connectivity index (χ2v) is 6.39. The highest BCUT2D eigenvalue weighted by atomic mass is 14.9. The molecule has 0 bridgehead atoms. The minimum atomic E-state index is 0.597. The summed E-state index contributed by atoms with van der Waals surface area (Å²) in [5.74, 6) is 1.59. The van der Waals surface area contributed by atoms with Gasteiger partial charge in [-0.2, -0.15) is 0 Å². The first-order valence-corrected chi connectivity index (χ1v) is 8.06. The number of para-hydroxylation sites is 1. The van der Waals surface area contributed by atoms with Gasteiger partial charge in [0.2, 0.25) is 0 Å². The summed E-state index contributed by atoms with van der Waals surface area (Å²) in [6, 6.07) is 9.49. The average Bonchev–Trinajstić information content (AvgIpc) is 2.42. The van der Waals surface area contributed by atoms with Gasteiger partial charge in [0, 0.05) is 11.7 Å². The van der Waals surface area contributed by atoms with E-state index < -0.39 is 0 Å². The van der Waals surface area contributed by atoms with Crippen molar-refractivity contribution in [2.75, 3.05) is 5.32 Å². The van der Waals surface area contributed by atoms with E-state index in [9.17, 15) is 0 Å². The molecule has 1 aromatic carbocycles. The minimum absolute atomic E-state index is 0.597. The van der Waals surface area contributed by atoms with Crippen molar-refractivity contribution in [3.05, 3.63) is 29.8 Å². The molecule has 0 atom stereocenters. The first kappa shape index (κ1) is 14.4. The molecule has 1 N–H and O–H groups in total. The third kappa shape index (κ3) is 3.99. The maximum absolute atomic E-state index is 3.79. The van der Waals surface area contributed by atoms with E-state index in [4.69, 9.17) is 0 Å². The topological polar surface area (TPSA) is 12.0 Å². The highest BCUT2D eigenvalue weighted by Crippen LogP contribution is 2.31. The van der Waals surface area contributed by atoms with E-state index in [1.807, 2.05) is 0 Å². The maximum atomic E-state index is 3.79. The molecular formula is C18H29N. The summed E-state index contributed by atoms with van der Waals surface area (Å²) in [4.78, 5) is 0. The van der Waals surface area contributed by atoms with Crippen molar-refractivity contribution in [2.45, 2.75) is 71.3 Å². The van der Waals surface area contributed by atoms with Crippen LogP contribution in [0.5, 0.6) is 0 Å². The van der Waals surface area contributed by atoms with Crippen molar-refractivity contribution in [1.29, 1.82) is 0 Å². The van der Waals surface area contributed by atoms with Crippen LogP contribution in [0.25, 0.3) is 0 Å². The lowest BCUT2D eigenvalue weighted by molar-refractivity contribution is 0.319. The number of benzene rings is 1. The van der Waals surface area contributed by atoms with Crippen molar-refractivity contribution in [3.63, 3.8) is 0 Å². The van der Waals surface area contributed by atoms with Gasteiger partial charge in [-0.05, 0) is 49.1 Å². The van der Waals surface area contributed by atoms with Crippen LogP contribution in [0.15, 0.2) is 24.3 Å². The molecule has 1 saturated carbocycles. The van der Waals surface area contributed by atoms with Crippen LogP contribution in [0.2, 0.25) is 0 Å². The Morgan fingerprint density at radius 1 is 1.11 bits per heavy atom. The summed E-state index contributed by atoms with van der Waals surface area (Å²) < 4.78 is 0. The molecule has 1 aliphatic carbocycles. The molecule has 0 aromatic heterocycles. The average molecular weight is 259 g/mol. The molecule has 2 rings (SSSR count). The van der Waals surface area contributed by atoms with Gasteiger partial charge in [-0.15, -0.1) is 0 Å². The standard InChI is InChI=1S/C18H29N/c1-4-7-15-10-12-16(13-11-15)19-18-9-6-5-8-17(18)14(2)3/h5-6,8-9,14-16,19H,4,7,10-13H2,1-3H3. The van der Waals surface area contributed by atoms with Crippen molar-refractivity contribution < 1.29 is 0 Å². The van der Waals surface area contributed by atoms with E-state index in [1.54, 1.807) is 0 Å². The Morgan fingerprint density at radius 3 is 2.42 bits per heavy atom. The van der Waals surface area contributed by atoms with Gasteiger partial charge < -0.3 is 5.32 Å². The zero-order valence-corrected chi connectivity index (χ0v) is 12.8. The fourth-order valence-corrected chi connectivity index (χ4v) is 3.36. The van der Waals surface area contributed by atoms with E-state index in [0.717, 1.165) is 5.92 Å². The molecular weight excluding hydrogens is 230 g/mol. The van der Waals surface area contributed by atoms with Gasteiger partial charge in [0.05, 0.1) is 0 Å². The Labute approximate surface area is 118 Å². The number of hydrogen-bond donors (Lipinski definition) is 1. The van der Waals surface area contributed by atoms with Crippen molar-refractivity contribution in [1.82, 2.24) is 0 Å². The lowest BCUT2D eigenvalue weighted by atomic mass is 9.83. The lowest BCUT2D eigenvalue weighted by Crippen LogP contribution is -2.26. The summed E-state index contributed by atoms with van der Waals surface area (Å²) in [7, 11) is 0. The molecule has 1 aromatic rings. The van der Waals surface area contributed by atoms with E-state index in [0.29, 0.717) is 12.0 Å². The number of rotatable bonds is 5. The zero-order chi connectivity index (χ0) is 13.7. The molecule has 1 aliphatic rings.